The molecule has 0 bridgehead atoms. The molecule has 0 radical (unpaired) electrons. The van der Waals surface area contributed by atoms with Gasteiger partial charge in [-0.1, -0.05) is 46.0 Å². The molecule has 1 unspecified atom stereocenters. The summed E-state index contributed by atoms with van der Waals surface area (Å²) < 4.78 is 0. The summed E-state index contributed by atoms with van der Waals surface area (Å²) in [4.78, 5) is 10.9. The number of hydrogen-bond donors (Lipinski definition) is 2. The lowest BCUT2D eigenvalue weighted by Gasteiger charge is -2.29. The molecule has 0 aliphatic heterocycles. The van der Waals surface area contributed by atoms with E-state index in [-0.39, 0.29) is 12.0 Å². The first kappa shape index (κ1) is 16.4. The van der Waals surface area contributed by atoms with Crippen molar-refractivity contribution >= 4 is 5.97 Å². The quantitative estimate of drug-likeness (QED) is 0.545. The Kier molecular flexibility index (Phi) is 9.14. The summed E-state index contributed by atoms with van der Waals surface area (Å²) in [7, 11) is 0. The fourth-order valence-electron chi connectivity index (χ4n) is 2.12. The third-order valence-corrected chi connectivity index (χ3v) is 3.18. The molecule has 0 aliphatic carbocycles. The first-order chi connectivity index (χ1) is 8.04. The maximum Gasteiger partial charge on any atom is 0.305 e. The van der Waals surface area contributed by atoms with E-state index >= 15 is 0 Å². The van der Waals surface area contributed by atoms with Gasteiger partial charge in [-0.15, -0.1) is 0 Å². The van der Waals surface area contributed by atoms with Gasteiger partial charge in [0, 0.05) is 5.54 Å². The Morgan fingerprint density at radius 3 is 2.29 bits per heavy atom. The van der Waals surface area contributed by atoms with Crippen LogP contribution in [-0.4, -0.2) is 23.2 Å². The van der Waals surface area contributed by atoms with Crippen LogP contribution in [-0.2, 0) is 4.79 Å². The predicted molar refractivity (Wildman–Crippen MR) is 72.3 cm³/mol. The average Bonchev–Trinajstić information content (AvgIpc) is 2.25. The highest BCUT2D eigenvalue weighted by Crippen LogP contribution is 2.19. The molecule has 0 amide bonds. The highest BCUT2D eigenvalue weighted by atomic mass is 16.4. The van der Waals surface area contributed by atoms with Crippen molar-refractivity contribution in [3.63, 3.8) is 0 Å². The molecule has 17 heavy (non-hydrogen) atoms. The Hall–Kier alpha value is -0.570. The topological polar surface area (TPSA) is 49.3 Å². The summed E-state index contributed by atoms with van der Waals surface area (Å²) in [5, 5.41) is 12.3. The van der Waals surface area contributed by atoms with Crippen molar-refractivity contribution < 1.29 is 9.90 Å². The van der Waals surface area contributed by atoms with Gasteiger partial charge < -0.3 is 10.4 Å². The van der Waals surface area contributed by atoms with Crippen LogP contribution in [0.3, 0.4) is 0 Å². The summed E-state index contributed by atoms with van der Waals surface area (Å²) >= 11 is 0. The molecule has 0 heterocycles. The predicted octanol–water partition coefficient (Wildman–Crippen LogP) is 3.58. The van der Waals surface area contributed by atoms with Crippen LogP contribution in [0.4, 0.5) is 0 Å². The molecule has 0 saturated heterocycles. The monoisotopic (exact) mass is 243 g/mol. The molecular weight excluding hydrogens is 214 g/mol. The van der Waals surface area contributed by atoms with Crippen LogP contribution < -0.4 is 5.32 Å². The van der Waals surface area contributed by atoms with Gasteiger partial charge in [-0.2, -0.15) is 0 Å². The lowest BCUT2D eigenvalue weighted by Crippen LogP contribution is -2.44. The van der Waals surface area contributed by atoms with E-state index in [2.05, 4.69) is 19.2 Å². The molecule has 3 nitrogen and oxygen atoms in total. The third kappa shape index (κ3) is 9.16. The third-order valence-electron chi connectivity index (χ3n) is 3.18. The van der Waals surface area contributed by atoms with E-state index in [0.717, 1.165) is 25.8 Å². The standard InChI is InChI=1S/C14H29NO2/c1-4-6-7-8-9-10-14(3,12-13(16)17)15-11-5-2/h15H,4-12H2,1-3H3,(H,16,17). The summed E-state index contributed by atoms with van der Waals surface area (Å²) in [5.74, 6) is -0.704. The van der Waals surface area contributed by atoms with Crippen LogP contribution in [0.1, 0.15) is 72.1 Å². The van der Waals surface area contributed by atoms with Gasteiger partial charge in [-0.05, 0) is 26.3 Å². The van der Waals surface area contributed by atoms with Crippen molar-refractivity contribution in [3.8, 4) is 0 Å². The molecule has 0 rings (SSSR count). The number of rotatable bonds is 11. The van der Waals surface area contributed by atoms with Crippen molar-refractivity contribution in [2.75, 3.05) is 6.54 Å². The van der Waals surface area contributed by atoms with Crippen LogP contribution in [0.25, 0.3) is 0 Å². The van der Waals surface area contributed by atoms with Crippen molar-refractivity contribution in [2.24, 2.45) is 0 Å². The smallest absolute Gasteiger partial charge is 0.305 e. The van der Waals surface area contributed by atoms with E-state index in [1.807, 2.05) is 6.92 Å². The Labute approximate surface area is 106 Å². The number of hydrogen-bond acceptors (Lipinski definition) is 2. The van der Waals surface area contributed by atoms with Crippen molar-refractivity contribution in [1.29, 1.82) is 0 Å². The molecule has 3 heteroatoms. The largest absolute Gasteiger partial charge is 0.481 e. The Balaban J connectivity index is 3.95. The van der Waals surface area contributed by atoms with Crippen LogP contribution in [0, 0.1) is 0 Å². The van der Waals surface area contributed by atoms with E-state index in [9.17, 15) is 4.79 Å². The first-order valence-electron chi connectivity index (χ1n) is 7.01. The second-order valence-electron chi connectivity index (χ2n) is 5.22. The molecule has 2 N–H and O–H groups in total. The number of carboxylic acids is 1. The molecule has 0 aliphatic rings. The number of aliphatic carboxylic acids is 1. The van der Waals surface area contributed by atoms with Gasteiger partial charge in [-0.3, -0.25) is 4.79 Å². The summed E-state index contributed by atoms with van der Waals surface area (Å²) in [6.45, 7) is 7.25. The van der Waals surface area contributed by atoms with Crippen LogP contribution >= 0.6 is 0 Å². The fraction of sp³-hybridized carbons (Fsp3) is 0.929. The summed E-state index contributed by atoms with van der Waals surface area (Å²) in [6, 6.07) is 0. The van der Waals surface area contributed by atoms with Gasteiger partial charge in [0.15, 0.2) is 0 Å². The van der Waals surface area contributed by atoms with Crippen molar-refractivity contribution in [1.82, 2.24) is 5.32 Å². The Morgan fingerprint density at radius 2 is 1.76 bits per heavy atom. The Morgan fingerprint density at radius 1 is 1.12 bits per heavy atom. The van der Waals surface area contributed by atoms with E-state index in [0.29, 0.717) is 0 Å². The zero-order chi connectivity index (χ0) is 13.1. The van der Waals surface area contributed by atoms with E-state index in [4.69, 9.17) is 5.11 Å². The maximum absolute atomic E-state index is 10.9. The highest BCUT2D eigenvalue weighted by molar-refractivity contribution is 5.68. The second-order valence-corrected chi connectivity index (χ2v) is 5.22. The zero-order valence-electron chi connectivity index (χ0n) is 11.7. The molecule has 0 aromatic heterocycles. The molecule has 0 fully saturated rings. The molecule has 0 aromatic carbocycles. The molecular formula is C14H29NO2. The van der Waals surface area contributed by atoms with Crippen LogP contribution in [0.15, 0.2) is 0 Å². The van der Waals surface area contributed by atoms with Gasteiger partial charge in [0.1, 0.15) is 0 Å². The van der Waals surface area contributed by atoms with Crippen LogP contribution in [0.2, 0.25) is 0 Å². The zero-order valence-corrected chi connectivity index (χ0v) is 11.7. The normalized spacial score (nSPS) is 14.5. The molecule has 0 aromatic rings. The van der Waals surface area contributed by atoms with Crippen molar-refractivity contribution in [2.45, 2.75) is 77.7 Å². The minimum absolute atomic E-state index is 0.223. The Bertz CT molecular complexity index is 206. The SMILES string of the molecule is CCCCCCCC(C)(CC(=O)O)NCCC. The maximum atomic E-state index is 10.9. The van der Waals surface area contributed by atoms with Gasteiger partial charge in [-0.25, -0.2) is 0 Å². The van der Waals surface area contributed by atoms with Gasteiger partial charge >= 0.3 is 5.97 Å². The second kappa shape index (κ2) is 9.46. The summed E-state index contributed by atoms with van der Waals surface area (Å²) in [6.07, 6.45) is 8.39. The lowest BCUT2D eigenvalue weighted by atomic mass is 9.90. The van der Waals surface area contributed by atoms with E-state index < -0.39 is 5.97 Å². The minimum atomic E-state index is -0.704. The van der Waals surface area contributed by atoms with Gasteiger partial charge in [0.2, 0.25) is 0 Å². The van der Waals surface area contributed by atoms with E-state index in [1.54, 1.807) is 0 Å². The van der Waals surface area contributed by atoms with Gasteiger partial charge in [0.05, 0.1) is 6.42 Å². The molecule has 1 atom stereocenters. The summed E-state index contributed by atoms with van der Waals surface area (Å²) in [5.41, 5.74) is -0.228. The number of unbranched alkanes of at least 4 members (excludes halogenated alkanes) is 4. The van der Waals surface area contributed by atoms with Gasteiger partial charge in [0.25, 0.3) is 0 Å². The molecule has 102 valence electrons. The number of carbonyl (C=O) groups is 1. The van der Waals surface area contributed by atoms with Crippen molar-refractivity contribution in [3.05, 3.63) is 0 Å². The fourth-order valence-corrected chi connectivity index (χ4v) is 2.12. The lowest BCUT2D eigenvalue weighted by molar-refractivity contribution is -0.138. The average molecular weight is 243 g/mol. The highest BCUT2D eigenvalue weighted by Gasteiger charge is 2.25. The van der Waals surface area contributed by atoms with E-state index in [1.165, 1.54) is 25.7 Å². The minimum Gasteiger partial charge on any atom is -0.481 e. The molecule has 0 spiro atoms. The number of carboxylic acid groups (broad SMARTS) is 1. The number of nitrogens with one attached hydrogen (secondary N) is 1. The van der Waals surface area contributed by atoms with Crippen LogP contribution in [0.5, 0.6) is 0 Å². The first-order valence-corrected chi connectivity index (χ1v) is 7.01. The molecule has 0 saturated carbocycles.